The van der Waals surface area contributed by atoms with Crippen molar-refractivity contribution in [1.82, 2.24) is 29.1 Å². The summed E-state index contributed by atoms with van der Waals surface area (Å²) in [6.45, 7) is 9.02. The molecule has 0 saturated carbocycles. The summed E-state index contributed by atoms with van der Waals surface area (Å²) in [6.07, 6.45) is 4.27. The SMILES string of the molecule is CCc1nc(C)oc1C(=O)Nc1nc2cc(C(N)=O)cc(OC)c2n1C/C=C/Cn1c(NC(=O)c2oc(C)nc2CC)nc2cc(C(N)=O)cc(OCCCC(=O)O[C@@H](C)CN)c21. The van der Waals surface area contributed by atoms with Gasteiger partial charge in [-0.25, -0.2) is 19.9 Å². The number of nitrogens with two attached hydrogens (primary N) is 3. The quantitative estimate of drug-likeness (QED) is 0.0410. The van der Waals surface area contributed by atoms with Crippen molar-refractivity contribution in [2.75, 3.05) is 30.9 Å². The molecule has 0 fully saturated rings. The predicted octanol–water partition coefficient (Wildman–Crippen LogP) is 4.12. The van der Waals surface area contributed by atoms with Crippen molar-refractivity contribution in [2.24, 2.45) is 17.2 Å². The summed E-state index contributed by atoms with van der Waals surface area (Å²) in [5.41, 5.74) is 19.4. The first kappa shape index (κ1) is 45.0. The van der Waals surface area contributed by atoms with Gasteiger partial charge in [-0.15, -0.1) is 0 Å². The van der Waals surface area contributed by atoms with Gasteiger partial charge in [0.1, 0.15) is 28.6 Å². The number of methoxy groups -OCH3 is 1. The van der Waals surface area contributed by atoms with Crippen LogP contribution < -0.4 is 37.3 Å². The number of hydrogen-bond acceptors (Lipinski definition) is 15. The van der Waals surface area contributed by atoms with Crippen LogP contribution >= 0.6 is 0 Å². The van der Waals surface area contributed by atoms with E-state index in [9.17, 15) is 24.0 Å². The summed E-state index contributed by atoms with van der Waals surface area (Å²) in [5, 5.41) is 5.64. The van der Waals surface area contributed by atoms with Crippen molar-refractivity contribution in [3.63, 3.8) is 0 Å². The Morgan fingerprint density at radius 1 is 0.762 bits per heavy atom. The predicted molar refractivity (Wildman–Crippen MR) is 229 cm³/mol. The van der Waals surface area contributed by atoms with Gasteiger partial charge in [0.2, 0.25) is 35.2 Å². The Labute approximate surface area is 360 Å². The zero-order chi connectivity index (χ0) is 45.5. The molecule has 4 amide bonds. The number of imidazole rings is 2. The second-order valence-electron chi connectivity index (χ2n) is 14.3. The number of fused-ring (bicyclic) bond motifs is 2. The molecule has 0 aliphatic rings. The fourth-order valence-electron chi connectivity index (χ4n) is 6.74. The van der Waals surface area contributed by atoms with E-state index in [0.29, 0.717) is 52.6 Å². The van der Waals surface area contributed by atoms with Gasteiger partial charge in [0, 0.05) is 51.0 Å². The second kappa shape index (κ2) is 19.4. The number of hydrogen-bond donors (Lipinski definition) is 5. The number of ether oxygens (including phenoxy) is 3. The van der Waals surface area contributed by atoms with Gasteiger partial charge in [-0.2, -0.15) is 0 Å². The number of amides is 4. The van der Waals surface area contributed by atoms with Crippen LogP contribution in [0.4, 0.5) is 11.9 Å². The molecular weight excluding hydrogens is 819 g/mol. The van der Waals surface area contributed by atoms with Crippen LogP contribution in [0.25, 0.3) is 22.1 Å². The third-order valence-electron chi connectivity index (χ3n) is 9.73. The summed E-state index contributed by atoms with van der Waals surface area (Å²) < 4.78 is 31.7. The van der Waals surface area contributed by atoms with E-state index in [1.54, 1.807) is 42.1 Å². The Morgan fingerprint density at radius 3 is 1.68 bits per heavy atom. The number of esters is 1. The fourth-order valence-corrected chi connectivity index (χ4v) is 6.74. The van der Waals surface area contributed by atoms with Crippen LogP contribution in [0.1, 0.15) is 98.6 Å². The van der Waals surface area contributed by atoms with E-state index in [-0.39, 0.29) is 90.6 Å². The molecule has 63 heavy (non-hydrogen) atoms. The van der Waals surface area contributed by atoms with Gasteiger partial charge in [0.15, 0.2) is 11.8 Å². The largest absolute Gasteiger partial charge is 0.494 e. The van der Waals surface area contributed by atoms with Gasteiger partial charge in [-0.1, -0.05) is 26.0 Å². The number of primary amides is 2. The maximum absolute atomic E-state index is 13.7. The minimum Gasteiger partial charge on any atom is -0.494 e. The van der Waals surface area contributed by atoms with Crippen LogP contribution in [0.2, 0.25) is 0 Å². The molecule has 21 heteroatoms. The van der Waals surface area contributed by atoms with Crippen molar-refractivity contribution in [1.29, 1.82) is 0 Å². The highest BCUT2D eigenvalue weighted by Gasteiger charge is 2.25. The molecule has 1 atom stereocenters. The van der Waals surface area contributed by atoms with E-state index >= 15 is 0 Å². The highest BCUT2D eigenvalue weighted by Crippen LogP contribution is 2.33. The van der Waals surface area contributed by atoms with Crippen LogP contribution in [0.15, 0.2) is 45.3 Å². The normalized spacial score (nSPS) is 11.9. The molecule has 332 valence electrons. The average Bonchev–Trinajstić information content (AvgIpc) is 4.02. The van der Waals surface area contributed by atoms with Gasteiger partial charge < -0.3 is 49.4 Å². The summed E-state index contributed by atoms with van der Waals surface area (Å²) in [6, 6.07) is 5.90. The van der Waals surface area contributed by atoms with E-state index < -0.39 is 35.7 Å². The maximum Gasteiger partial charge on any atom is 0.306 e. The Hall–Kier alpha value is -7.55. The summed E-state index contributed by atoms with van der Waals surface area (Å²) in [5.74, 6) is -1.80. The van der Waals surface area contributed by atoms with Crippen LogP contribution in [-0.2, 0) is 35.5 Å². The molecular formula is C42H49N11O10. The number of oxazole rings is 2. The Morgan fingerprint density at radius 2 is 1.24 bits per heavy atom. The van der Waals surface area contributed by atoms with E-state index in [1.165, 1.54) is 31.4 Å². The van der Waals surface area contributed by atoms with E-state index in [2.05, 4.69) is 30.6 Å². The van der Waals surface area contributed by atoms with Crippen LogP contribution in [0, 0.1) is 13.8 Å². The van der Waals surface area contributed by atoms with Crippen LogP contribution in [-0.4, -0.2) is 85.0 Å². The lowest BCUT2D eigenvalue weighted by Gasteiger charge is -2.13. The molecule has 6 rings (SSSR count). The Bertz CT molecular complexity index is 2740. The first-order valence-electron chi connectivity index (χ1n) is 20.1. The lowest BCUT2D eigenvalue weighted by molar-refractivity contribution is -0.148. The topological polar surface area (TPSA) is 303 Å². The number of anilines is 2. The summed E-state index contributed by atoms with van der Waals surface area (Å²) in [4.78, 5) is 82.2. The standard InChI is InChI=1S/C42H49N11O10/c1-7-26-35(62-22(4)46-26)39(57)50-41-48-28-16-24(37(44)55)18-30(59-6)33(28)52(41)13-9-10-14-53-34-29(49-42(53)51-40(58)36-27(8-2)47-23(5)63-36)17-25(38(45)56)19-31(34)60-15-11-12-32(54)61-21(3)20-43/h9-10,16-19,21H,7-8,11-15,20,43H2,1-6H3,(H2,44,55)(H2,45,56)(H,48,50,57)(H,49,51,58)/b10-9+/t21-/m0/s1. The van der Waals surface area contributed by atoms with Crippen molar-refractivity contribution >= 4 is 63.6 Å². The minimum absolute atomic E-state index is 0.0100. The number of allylic oxidation sites excluding steroid dienone is 2. The first-order valence-corrected chi connectivity index (χ1v) is 20.1. The number of nitrogens with zero attached hydrogens (tertiary/aromatic N) is 6. The van der Waals surface area contributed by atoms with Gasteiger partial charge in [-0.05, 0) is 50.5 Å². The summed E-state index contributed by atoms with van der Waals surface area (Å²) in [7, 11) is 1.43. The number of carbonyl (C=O) groups excluding carboxylic acids is 5. The molecule has 0 aliphatic carbocycles. The van der Waals surface area contributed by atoms with E-state index in [1.807, 2.05) is 13.8 Å². The molecule has 0 unspecified atom stereocenters. The molecule has 0 saturated heterocycles. The monoisotopic (exact) mass is 867 g/mol. The highest BCUT2D eigenvalue weighted by molar-refractivity contribution is 6.05. The van der Waals surface area contributed by atoms with Crippen LogP contribution in [0.5, 0.6) is 11.5 Å². The molecule has 4 aromatic heterocycles. The third-order valence-corrected chi connectivity index (χ3v) is 9.73. The van der Waals surface area contributed by atoms with Crippen molar-refractivity contribution in [3.8, 4) is 11.5 Å². The van der Waals surface area contributed by atoms with Gasteiger partial charge >= 0.3 is 5.97 Å². The number of nitrogens with one attached hydrogen (secondary N) is 2. The number of aryl methyl sites for hydroxylation is 4. The number of aromatic nitrogens is 6. The molecule has 0 spiro atoms. The number of rotatable bonds is 20. The highest BCUT2D eigenvalue weighted by atomic mass is 16.5. The Kier molecular flexibility index (Phi) is 13.9. The molecule has 8 N–H and O–H groups in total. The van der Waals surface area contributed by atoms with Gasteiger partial charge in [0.05, 0.1) is 36.1 Å². The fraction of sp³-hybridized carbons (Fsp3) is 0.357. The first-order chi connectivity index (χ1) is 30.1. The average molecular weight is 868 g/mol. The second-order valence-corrected chi connectivity index (χ2v) is 14.3. The molecule has 0 radical (unpaired) electrons. The van der Waals surface area contributed by atoms with Gasteiger partial charge in [-0.3, -0.25) is 34.6 Å². The van der Waals surface area contributed by atoms with Gasteiger partial charge in [0.25, 0.3) is 11.8 Å². The lowest BCUT2D eigenvalue weighted by atomic mass is 10.1. The molecule has 0 bridgehead atoms. The number of carbonyl (C=O) groups is 5. The zero-order valence-corrected chi connectivity index (χ0v) is 35.7. The maximum atomic E-state index is 13.7. The van der Waals surface area contributed by atoms with E-state index in [0.717, 1.165) is 0 Å². The van der Waals surface area contributed by atoms with E-state index in [4.69, 9.17) is 40.2 Å². The molecule has 4 heterocycles. The van der Waals surface area contributed by atoms with Crippen molar-refractivity contribution in [2.45, 2.75) is 79.5 Å². The molecule has 2 aromatic carbocycles. The third kappa shape index (κ3) is 9.99. The summed E-state index contributed by atoms with van der Waals surface area (Å²) >= 11 is 0. The minimum atomic E-state index is -0.746. The van der Waals surface area contributed by atoms with Crippen LogP contribution in [0.3, 0.4) is 0 Å². The lowest BCUT2D eigenvalue weighted by Crippen LogP contribution is -2.23. The molecule has 0 aliphatic heterocycles. The molecule has 21 nitrogen and oxygen atoms in total. The number of benzene rings is 2. The molecule has 6 aromatic rings. The zero-order valence-electron chi connectivity index (χ0n) is 35.7. The van der Waals surface area contributed by atoms with Crippen molar-refractivity contribution < 1.29 is 47.0 Å². The van der Waals surface area contributed by atoms with Crippen molar-refractivity contribution in [3.05, 3.63) is 82.2 Å². The smallest absolute Gasteiger partial charge is 0.306 e. The Balaban J connectivity index is 1.39.